The summed E-state index contributed by atoms with van der Waals surface area (Å²) in [5.41, 5.74) is 2.83. The van der Waals surface area contributed by atoms with Crippen LogP contribution in [0.4, 0.5) is 0 Å². The monoisotopic (exact) mass is 326 g/mol. The second-order valence-electron chi connectivity index (χ2n) is 7.28. The van der Waals surface area contributed by atoms with E-state index in [2.05, 4.69) is 65.4 Å². The molecule has 2 nitrogen and oxygen atoms in total. The van der Waals surface area contributed by atoms with Gasteiger partial charge < -0.3 is 0 Å². The van der Waals surface area contributed by atoms with Crippen LogP contribution in [0.2, 0.25) is 0 Å². The minimum Gasteiger partial charge on any atom is -0.298 e. The van der Waals surface area contributed by atoms with Crippen LogP contribution in [0.1, 0.15) is 32.3 Å². The molecule has 0 saturated carbocycles. The topological polar surface area (TPSA) is 6.48 Å². The molecule has 2 fully saturated rings. The van der Waals surface area contributed by atoms with Crippen molar-refractivity contribution in [2.24, 2.45) is 0 Å². The molecule has 4 rings (SSSR count). The zero-order valence-electron chi connectivity index (χ0n) is 14.1. The van der Waals surface area contributed by atoms with E-state index in [0.717, 1.165) is 18.6 Å². The molecule has 0 spiro atoms. The van der Waals surface area contributed by atoms with E-state index in [9.17, 15) is 0 Å². The standard InChI is InChI=1S/C20H26N2S/c1-15(2)21-13-18-8-9-19(14-21)22(18)12-16-5-3-6-17(11-16)20-7-4-10-23-20/h3-7,10-11,15,18-19H,8-9,12-14H2,1-2H3. The number of fused-ring (bicyclic) bond motifs is 2. The van der Waals surface area contributed by atoms with Gasteiger partial charge in [0, 0.05) is 42.6 Å². The van der Waals surface area contributed by atoms with E-state index in [0.29, 0.717) is 6.04 Å². The average Bonchev–Trinajstić information content (AvgIpc) is 3.14. The van der Waals surface area contributed by atoms with Crippen molar-refractivity contribution in [2.45, 2.75) is 51.4 Å². The molecule has 0 N–H and O–H groups in total. The predicted octanol–water partition coefficient (Wildman–Crippen LogP) is 4.47. The molecule has 2 saturated heterocycles. The van der Waals surface area contributed by atoms with Gasteiger partial charge in [-0.2, -0.15) is 0 Å². The van der Waals surface area contributed by atoms with Crippen LogP contribution in [0.15, 0.2) is 41.8 Å². The Labute approximate surface area is 143 Å². The molecule has 2 bridgehead atoms. The Bertz CT molecular complexity index is 635. The summed E-state index contributed by atoms with van der Waals surface area (Å²) in [5.74, 6) is 0. The molecule has 2 atom stereocenters. The van der Waals surface area contributed by atoms with Crippen molar-refractivity contribution in [2.75, 3.05) is 13.1 Å². The van der Waals surface area contributed by atoms with Crippen LogP contribution in [-0.4, -0.2) is 41.0 Å². The van der Waals surface area contributed by atoms with Crippen LogP contribution < -0.4 is 0 Å². The Kier molecular flexibility index (Phi) is 4.27. The molecule has 1 aromatic carbocycles. The van der Waals surface area contributed by atoms with Crippen molar-refractivity contribution >= 4 is 11.3 Å². The molecule has 23 heavy (non-hydrogen) atoms. The summed E-state index contributed by atoms with van der Waals surface area (Å²) in [4.78, 5) is 6.81. The second kappa shape index (κ2) is 6.39. The molecule has 1 aromatic heterocycles. The fourth-order valence-electron chi connectivity index (χ4n) is 4.18. The number of hydrogen-bond acceptors (Lipinski definition) is 3. The third-order valence-corrected chi connectivity index (χ3v) is 6.41. The lowest BCUT2D eigenvalue weighted by molar-refractivity contribution is 0.0442. The van der Waals surface area contributed by atoms with Gasteiger partial charge in [-0.25, -0.2) is 0 Å². The lowest BCUT2D eigenvalue weighted by Crippen LogP contribution is -2.54. The molecule has 2 unspecified atom stereocenters. The van der Waals surface area contributed by atoms with Crippen molar-refractivity contribution in [3.8, 4) is 10.4 Å². The van der Waals surface area contributed by atoms with Crippen molar-refractivity contribution in [1.29, 1.82) is 0 Å². The normalized spacial score (nSPS) is 25.3. The predicted molar refractivity (Wildman–Crippen MR) is 98.8 cm³/mol. The molecule has 0 radical (unpaired) electrons. The van der Waals surface area contributed by atoms with Crippen LogP contribution in [0, 0.1) is 0 Å². The fraction of sp³-hybridized carbons (Fsp3) is 0.500. The third kappa shape index (κ3) is 3.10. The highest BCUT2D eigenvalue weighted by Crippen LogP contribution is 2.33. The van der Waals surface area contributed by atoms with Crippen molar-refractivity contribution in [3.63, 3.8) is 0 Å². The first kappa shape index (κ1) is 15.4. The van der Waals surface area contributed by atoms with Gasteiger partial charge in [0.25, 0.3) is 0 Å². The Hall–Kier alpha value is -1.16. The van der Waals surface area contributed by atoms with Gasteiger partial charge in [-0.15, -0.1) is 11.3 Å². The van der Waals surface area contributed by atoms with Gasteiger partial charge in [0.15, 0.2) is 0 Å². The van der Waals surface area contributed by atoms with Crippen molar-refractivity contribution < 1.29 is 0 Å². The molecule has 0 aliphatic carbocycles. The first-order valence-electron chi connectivity index (χ1n) is 8.83. The number of nitrogens with zero attached hydrogens (tertiary/aromatic N) is 2. The van der Waals surface area contributed by atoms with Crippen LogP contribution >= 0.6 is 11.3 Å². The van der Waals surface area contributed by atoms with Crippen LogP contribution in [-0.2, 0) is 6.54 Å². The van der Waals surface area contributed by atoms with E-state index < -0.39 is 0 Å². The lowest BCUT2D eigenvalue weighted by atomic mass is 10.1. The van der Waals surface area contributed by atoms with Crippen molar-refractivity contribution in [1.82, 2.24) is 9.80 Å². The smallest absolute Gasteiger partial charge is 0.0342 e. The SMILES string of the molecule is CC(C)N1CC2CCC(C1)N2Cc1cccc(-c2cccs2)c1. The highest BCUT2D eigenvalue weighted by molar-refractivity contribution is 7.13. The summed E-state index contributed by atoms with van der Waals surface area (Å²) in [6.45, 7) is 8.28. The number of benzene rings is 1. The van der Waals surface area contributed by atoms with Crippen LogP contribution in [0.25, 0.3) is 10.4 Å². The number of rotatable bonds is 4. The molecule has 3 heterocycles. The maximum absolute atomic E-state index is 2.77. The van der Waals surface area contributed by atoms with Gasteiger partial charge in [0.1, 0.15) is 0 Å². The summed E-state index contributed by atoms with van der Waals surface area (Å²) in [7, 11) is 0. The van der Waals surface area contributed by atoms with E-state index in [1.54, 1.807) is 0 Å². The number of likely N-dealkylation sites (tertiary alicyclic amines) is 1. The zero-order valence-corrected chi connectivity index (χ0v) is 14.9. The van der Waals surface area contributed by atoms with E-state index in [-0.39, 0.29) is 0 Å². The first-order valence-corrected chi connectivity index (χ1v) is 9.71. The van der Waals surface area contributed by atoms with E-state index in [1.807, 2.05) is 11.3 Å². The molecule has 122 valence electrons. The number of piperazine rings is 1. The van der Waals surface area contributed by atoms with Crippen LogP contribution in [0.3, 0.4) is 0 Å². The van der Waals surface area contributed by atoms with Crippen LogP contribution in [0.5, 0.6) is 0 Å². The molecule has 2 aliphatic rings. The van der Waals surface area contributed by atoms with Gasteiger partial charge in [-0.3, -0.25) is 9.80 Å². The molecule has 2 aromatic rings. The Morgan fingerprint density at radius 3 is 2.52 bits per heavy atom. The van der Waals surface area contributed by atoms with E-state index >= 15 is 0 Å². The average molecular weight is 327 g/mol. The maximum atomic E-state index is 2.77. The van der Waals surface area contributed by atoms with Gasteiger partial charge >= 0.3 is 0 Å². The highest BCUT2D eigenvalue weighted by Gasteiger charge is 2.40. The maximum Gasteiger partial charge on any atom is 0.0342 e. The summed E-state index contributed by atoms with van der Waals surface area (Å²) in [5, 5.41) is 2.16. The lowest BCUT2D eigenvalue weighted by Gasteiger charge is -2.43. The van der Waals surface area contributed by atoms with Gasteiger partial charge in [-0.1, -0.05) is 24.3 Å². The largest absolute Gasteiger partial charge is 0.298 e. The summed E-state index contributed by atoms with van der Waals surface area (Å²) >= 11 is 1.83. The molecule has 0 amide bonds. The molecule has 2 aliphatic heterocycles. The van der Waals surface area contributed by atoms with E-state index in [4.69, 9.17) is 0 Å². The summed E-state index contributed by atoms with van der Waals surface area (Å²) in [6.07, 6.45) is 2.75. The summed E-state index contributed by atoms with van der Waals surface area (Å²) < 4.78 is 0. The Morgan fingerprint density at radius 1 is 1.09 bits per heavy atom. The van der Waals surface area contributed by atoms with E-state index in [1.165, 1.54) is 41.9 Å². The van der Waals surface area contributed by atoms with Gasteiger partial charge in [-0.05, 0) is 55.3 Å². The van der Waals surface area contributed by atoms with Gasteiger partial charge in [0.2, 0.25) is 0 Å². The third-order valence-electron chi connectivity index (χ3n) is 5.49. The van der Waals surface area contributed by atoms with Crippen molar-refractivity contribution in [3.05, 3.63) is 47.3 Å². The Morgan fingerprint density at radius 2 is 1.87 bits per heavy atom. The fourth-order valence-corrected chi connectivity index (χ4v) is 4.90. The molecular formula is C20H26N2S. The second-order valence-corrected chi connectivity index (χ2v) is 8.23. The molecular weight excluding hydrogens is 300 g/mol. The minimum absolute atomic E-state index is 0.683. The molecule has 3 heteroatoms. The minimum atomic E-state index is 0.683. The first-order chi connectivity index (χ1) is 11.2. The number of hydrogen-bond donors (Lipinski definition) is 0. The van der Waals surface area contributed by atoms with Gasteiger partial charge in [0.05, 0.1) is 0 Å². The highest BCUT2D eigenvalue weighted by atomic mass is 32.1. The Balaban J connectivity index is 1.50. The number of thiophene rings is 1. The summed E-state index contributed by atoms with van der Waals surface area (Å²) in [6, 6.07) is 15.7. The quantitative estimate of drug-likeness (QED) is 0.818. The zero-order chi connectivity index (χ0) is 15.8.